The van der Waals surface area contributed by atoms with E-state index in [1.54, 1.807) is 19.2 Å². The molecule has 18 heavy (non-hydrogen) atoms. The molecule has 1 aliphatic rings. The van der Waals surface area contributed by atoms with Crippen LogP contribution in [0.1, 0.15) is 29.2 Å². The third kappa shape index (κ3) is 2.85. The Morgan fingerprint density at radius 1 is 1.50 bits per heavy atom. The molecule has 2 heterocycles. The topological polar surface area (TPSA) is 49.3 Å². The summed E-state index contributed by atoms with van der Waals surface area (Å²) in [6.45, 7) is 3.41. The Bertz CT molecular complexity index is 433. The first-order valence-corrected chi connectivity index (χ1v) is 6.33. The van der Waals surface area contributed by atoms with E-state index in [0.717, 1.165) is 25.9 Å². The van der Waals surface area contributed by atoms with Crippen LogP contribution in [0.15, 0.2) is 12.3 Å². The maximum absolute atomic E-state index is 12.3. The van der Waals surface area contributed by atoms with E-state index >= 15 is 0 Å². The Morgan fingerprint density at radius 3 is 2.94 bits per heavy atom. The summed E-state index contributed by atoms with van der Waals surface area (Å²) >= 11 is 0. The van der Waals surface area contributed by atoms with Crippen molar-refractivity contribution in [1.29, 1.82) is 0 Å². The molecule has 0 aliphatic carbocycles. The van der Waals surface area contributed by atoms with E-state index in [-0.39, 0.29) is 5.91 Å². The molecular formula is C13H20N4O. The molecule has 5 heteroatoms. The van der Waals surface area contributed by atoms with Crippen molar-refractivity contribution in [2.45, 2.75) is 25.8 Å². The van der Waals surface area contributed by atoms with E-state index < -0.39 is 0 Å². The van der Waals surface area contributed by atoms with Crippen LogP contribution >= 0.6 is 0 Å². The fourth-order valence-electron chi connectivity index (χ4n) is 2.30. The van der Waals surface area contributed by atoms with Crippen molar-refractivity contribution in [3.8, 4) is 0 Å². The number of rotatable bonds is 2. The van der Waals surface area contributed by atoms with Crippen molar-refractivity contribution in [3.05, 3.63) is 23.8 Å². The first-order chi connectivity index (χ1) is 8.58. The van der Waals surface area contributed by atoms with Gasteiger partial charge in [0.25, 0.3) is 5.91 Å². The number of hydrogen-bond acceptors (Lipinski definition) is 4. The molecule has 0 bridgehead atoms. The summed E-state index contributed by atoms with van der Waals surface area (Å²) < 4.78 is 0. The van der Waals surface area contributed by atoms with Gasteiger partial charge in [-0.05, 0) is 39.9 Å². The number of aryl methyl sites for hydroxylation is 1. The van der Waals surface area contributed by atoms with Crippen molar-refractivity contribution in [2.24, 2.45) is 0 Å². The van der Waals surface area contributed by atoms with Crippen molar-refractivity contribution < 1.29 is 4.79 Å². The van der Waals surface area contributed by atoms with E-state index in [1.165, 1.54) is 0 Å². The van der Waals surface area contributed by atoms with Gasteiger partial charge in [0.2, 0.25) is 0 Å². The largest absolute Gasteiger partial charge is 0.336 e. The van der Waals surface area contributed by atoms with Gasteiger partial charge in [-0.2, -0.15) is 0 Å². The second-order valence-electron chi connectivity index (χ2n) is 5.00. The van der Waals surface area contributed by atoms with Crippen LogP contribution in [0.25, 0.3) is 0 Å². The Hall–Kier alpha value is -1.49. The number of aromatic nitrogens is 2. The first kappa shape index (κ1) is 13.0. The number of likely N-dealkylation sites (tertiary alicyclic amines) is 1. The van der Waals surface area contributed by atoms with Gasteiger partial charge in [-0.15, -0.1) is 0 Å². The summed E-state index contributed by atoms with van der Waals surface area (Å²) in [6.07, 6.45) is 3.85. The molecular weight excluding hydrogens is 228 g/mol. The minimum atomic E-state index is 0.0204. The van der Waals surface area contributed by atoms with Gasteiger partial charge < -0.3 is 9.80 Å². The number of amides is 1. The number of likely N-dealkylation sites (N-methyl/N-ethyl adjacent to an activating group) is 1. The normalized spacial score (nSPS) is 20.2. The maximum atomic E-state index is 12.3. The van der Waals surface area contributed by atoms with Gasteiger partial charge in [0, 0.05) is 25.3 Å². The molecule has 2 rings (SSSR count). The Morgan fingerprint density at radius 2 is 2.28 bits per heavy atom. The van der Waals surface area contributed by atoms with Crippen molar-refractivity contribution in [1.82, 2.24) is 19.8 Å². The van der Waals surface area contributed by atoms with Gasteiger partial charge in [0.1, 0.15) is 11.5 Å². The molecule has 1 aromatic heterocycles. The quantitative estimate of drug-likeness (QED) is 0.782. The molecule has 1 aliphatic heterocycles. The van der Waals surface area contributed by atoms with Gasteiger partial charge in [-0.1, -0.05) is 0 Å². The zero-order chi connectivity index (χ0) is 13.1. The van der Waals surface area contributed by atoms with Crippen LogP contribution in [0.2, 0.25) is 0 Å². The molecule has 1 fully saturated rings. The summed E-state index contributed by atoms with van der Waals surface area (Å²) in [6, 6.07) is 2.14. The summed E-state index contributed by atoms with van der Waals surface area (Å²) in [5.41, 5.74) is 0.502. The van der Waals surface area contributed by atoms with E-state index in [2.05, 4.69) is 29.0 Å². The van der Waals surface area contributed by atoms with Gasteiger partial charge in [0.05, 0.1) is 0 Å². The van der Waals surface area contributed by atoms with Crippen LogP contribution in [-0.4, -0.2) is 58.9 Å². The summed E-state index contributed by atoms with van der Waals surface area (Å²) in [4.78, 5) is 24.6. The average Bonchev–Trinajstić information content (AvgIpc) is 2.38. The molecule has 5 nitrogen and oxygen atoms in total. The fourth-order valence-corrected chi connectivity index (χ4v) is 2.30. The summed E-state index contributed by atoms with van der Waals surface area (Å²) in [7, 11) is 4.13. The predicted molar refractivity (Wildman–Crippen MR) is 69.4 cm³/mol. The summed E-state index contributed by atoms with van der Waals surface area (Å²) in [5.74, 6) is 0.661. The Kier molecular flexibility index (Phi) is 3.91. The highest BCUT2D eigenvalue weighted by Crippen LogP contribution is 2.15. The van der Waals surface area contributed by atoms with Crippen LogP contribution in [0.4, 0.5) is 0 Å². The number of piperidine rings is 1. The highest BCUT2D eigenvalue weighted by Gasteiger charge is 2.26. The third-order valence-electron chi connectivity index (χ3n) is 3.41. The standard InChI is InChI=1S/C13H20N4O/c1-10-14-7-6-12(15-10)13(18)17-8-4-5-11(9-17)16(2)3/h6-7,11H,4-5,8-9H2,1-3H3/t11-/m0/s1. The monoisotopic (exact) mass is 248 g/mol. The zero-order valence-corrected chi connectivity index (χ0v) is 11.3. The van der Waals surface area contributed by atoms with Gasteiger partial charge >= 0.3 is 0 Å². The Balaban J connectivity index is 2.09. The molecule has 1 saturated heterocycles. The lowest BCUT2D eigenvalue weighted by molar-refractivity contribution is 0.0629. The van der Waals surface area contributed by atoms with Crippen LogP contribution in [0, 0.1) is 6.92 Å². The number of carbonyl (C=O) groups is 1. The molecule has 98 valence electrons. The van der Waals surface area contributed by atoms with Crippen molar-refractivity contribution in [2.75, 3.05) is 27.2 Å². The minimum Gasteiger partial charge on any atom is -0.336 e. The van der Waals surface area contributed by atoms with Crippen molar-refractivity contribution in [3.63, 3.8) is 0 Å². The van der Waals surface area contributed by atoms with E-state index in [1.807, 2.05) is 4.90 Å². The van der Waals surface area contributed by atoms with Gasteiger partial charge in [0.15, 0.2) is 0 Å². The highest BCUT2D eigenvalue weighted by atomic mass is 16.2. The van der Waals surface area contributed by atoms with Crippen LogP contribution in [-0.2, 0) is 0 Å². The molecule has 1 atom stereocenters. The molecule has 0 unspecified atom stereocenters. The molecule has 1 aromatic rings. The number of carbonyl (C=O) groups excluding carboxylic acids is 1. The van der Waals surface area contributed by atoms with Gasteiger partial charge in [-0.3, -0.25) is 4.79 Å². The number of hydrogen-bond donors (Lipinski definition) is 0. The van der Waals surface area contributed by atoms with Crippen LogP contribution < -0.4 is 0 Å². The predicted octanol–water partition coefficient (Wildman–Crippen LogP) is 0.951. The van der Waals surface area contributed by atoms with E-state index in [9.17, 15) is 4.79 Å². The second-order valence-corrected chi connectivity index (χ2v) is 5.00. The first-order valence-electron chi connectivity index (χ1n) is 6.33. The molecule has 0 radical (unpaired) electrons. The molecule has 0 spiro atoms. The van der Waals surface area contributed by atoms with Crippen LogP contribution in [0.5, 0.6) is 0 Å². The smallest absolute Gasteiger partial charge is 0.272 e. The molecule has 0 aromatic carbocycles. The van der Waals surface area contributed by atoms with E-state index in [4.69, 9.17) is 0 Å². The highest BCUT2D eigenvalue weighted by molar-refractivity contribution is 5.92. The summed E-state index contributed by atoms with van der Waals surface area (Å²) in [5, 5.41) is 0. The van der Waals surface area contributed by atoms with E-state index in [0.29, 0.717) is 17.6 Å². The lowest BCUT2D eigenvalue weighted by atomic mass is 10.0. The maximum Gasteiger partial charge on any atom is 0.272 e. The molecule has 0 N–H and O–H groups in total. The fraction of sp³-hybridized carbons (Fsp3) is 0.615. The molecule has 1 amide bonds. The van der Waals surface area contributed by atoms with Crippen LogP contribution in [0.3, 0.4) is 0 Å². The lowest BCUT2D eigenvalue weighted by Crippen LogP contribution is -2.47. The number of nitrogens with zero attached hydrogens (tertiary/aromatic N) is 4. The van der Waals surface area contributed by atoms with Gasteiger partial charge in [-0.25, -0.2) is 9.97 Å². The zero-order valence-electron chi connectivity index (χ0n) is 11.3. The minimum absolute atomic E-state index is 0.0204. The lowest BCUT2D eigenvalue weighted by Gasteiger charge is -2.35. The Labute approximate surface area is 108 Å². The second kappa shape index (κ2) is 5.44. The SMILES string of the molecule is Cc1nccc(C(=O)N2CCC[C@H](N(C)C)C2)n1. The average molecular weight is 248 g/mol. The molecule has 0 saturated carbocycles. The third-order valence-corrected chi connectivity index (χ3v) is 3.41. The van der Waals surface area contributed by atoms with Crippen molar-refractivity contribution >= 4 is 5.91 Å².